The van der Waals surface area contributed by atoms with Crippen molar-refractivity contribution in [2.75, 3.05) is 20.0 Å². The van der Waals surface area contributed by atoms with E-state index in [9.17, 15) is 14.4 Å². The molecule has 0 bridgehead atoms. The quantitative estimate of drug-likeness (QED) is 0.603. The van der Waals surface area contributed by atoms with Crippen LogP contribution in [0.5, 0.6) is 0 Å². The van der Waals surface area contributed by atoms with Gasteiger partial charge in [0.05, 0.1) is 14.2 Å². The average Bonchev–Trinajstić information content (AvgIpc) is 2.85. The molecule has 22 heavy (non-hydrogen) atoms. The van der Waals surface area contributed by atoms with Crippen LogP contribution in [0.1, 0.15) is 51.8 Å². The van der Waals surface area contributed by atoms with E-state index in [0.29, 0.717) is 6.42 Å². The van der Waals surface area contributed by atoms with E-state index in [1.165, 1.54) is 14.2 Å². The summed E-state index contributed by atoms with van der Waals surface area (Å²) >= 11 is 0.898. The number of hydrogen-bond donors (Lipinski definition) is 1. The first kappa shape index (κ1) is 18.0. The third-order valence-electron chi connectivity index (χ3n) is 2.91. The van der Waals surface area contributed by atoms with E-state index in [1.54, 1.807) is 0 Å². The lowest BCUT2D eigenvalue weighted by atomic mass is 10.1. The van der Waals surface area contributed by atoms with Crippen LogP contribution in [0.4, 0.5) is 5.00 Å². The number of thiophene rings is 1. The Morgan fingerprint density at radius 3 is 2.32 bits per heavy atom. The monoisotopic (exact) mass is 329 g/mol. The molecule has 2 N–H and O–H groups in total. The summed E-state index contributed by atoms with van der Waals surface area (Å²) in [7, 11) is 2.42. The van der Waals surface area contributed by atoms with E-state index >= 15 is 0 Å². The Morgan fingerprint density at radius 2 is 1.77 bits per heavy atom. The highest BCUT2D eigenvalue weighted by Crippen LogP contribution is 2.33. The summed E-state index contributed by atoms with van der Waals surface area (Å²) in [6, 6.07) is 0. The number of methoxy groups -OCH3 is 2. The highest BCUT2D eigenvalue weighted by molar-refractivity contribution is 7.18. The molecule has 1 rings (SSSR count). The fraction of sp³-hybridized carbons (Fsp3) is 0.500. The maximum atomic E-state index is 11.8. The Hall–Kier alpha value is -2.09. The molecular weight excluding hydrogens is 310 g/mol. The molecule has 8 heteroatoms. The minimum Gasteiger partial charge on any atom is -0.465 e. The average molecular weight is 329 g/mol. The van der Waals surface area contributed by atoms with Crippen LogP contribution in [0.25, 0.3) is 0 Å². The smallest absolute Gasteiger partial charge is 0.348 e. The van der Waals surface area contributed by atoms with Crippen LogP contribution in [0.3, 0.4) is 0 Å². The van der Waals surface area contributed by atoms with E-state index in [2.05, 4.69) is 9.47 Å². The second kappa shape index (κ2) is 8.38. The van der Waals surface area contributed by atoms with Gasteiger partial charge < -0.3 is 19.9 Å². The molecule has 122 valence electrons. The van der Waals surface area contributed by atoms with E-state index in [-0.39, 0.29) is 34.0 Å². The standard InChI is InChI=1S/C14H19NO6S/c1-4-5-6-9(16)21-7-8-10(13(17)19-2)12(15)22-11(8)14(18)20-3/h4-7,15H2,1-3H3. The topological polar surface area (TPSA) is 105 Å². The van der Waals surface area contributed by atoms with E-state index in [1.807, 2.05) is 6.92 Å². The molecule has 1 aromatic heterocycles. The van der Waals surface area contributed by atoms with Gasteiger partial charge in [0.1, 0.15) is 22.0 Å². The Morgan fingerprint density at radius 1 is 1.14 bits per heavy atom. The Bertz CT molecular complexity index is 566. The molecule has 0 aliphatic heterocycles. The summed E-state index contributed by atoms with van der Waals surface area (Å²) in [6.45, 7) is 1.72. The van der Waals surface area contributed by atoms with Crippen molar-refractivity contribution < 1.29 is 28.6 Å². The maximum absolute atomic E-state index is 11.8. The fourth-order valence-corrected chi connectivity index (χ4v) is 2.73. The molecule has 0 saturated carbocycles. The number of hydrogen-bond acceptors (Lipinski definition) is 8. The minimum atomic E-state index is -0.691. The number of carbonyl (C=O) groups excluding carboxylic acids is 3. The van der Waals surface area contributed by atoms with Gasteiger partial charge in [-0.2, -0.15) is 0 Å². The van der Waals surface area contributed by atoms with Gasteiger partial charge in [-0.15, -0.1) is 11.3 Å². The highest BCUT2D eigenvalue weighted by Gasteiger charge is 2.27. The van der Waals surface area contributed by atoms with Crippen LogP contribution in [-0.2, 0) is 25.6 Å². The molecule has 1 heterocycles. The van der Waals surface area contributed by atoms with Crippen LogP contribution in [0.2, 0.25) is 0 Å². The predicted octanol–water partition coefficient (Wildman–Crippen LogP) is 2.14. The molecule has 0 unspecified atom stereocenters. The molecule has 1 aromatic rings. The van der Waals surface area contributed by atoms with Gasteiger partial charge in [0.15, 0.2) is 0 Å². The number of unbranched alkanes of at least 4 members (excludes halogenated alkanes) is 1. The Kier molecular flexibility index (Phi) is 6.84. The number of nitrogen functional groups attached to an aromatic ring is 1. The lowest BCUT2D eigenvalue weighted by Crippen LogP contribution is -2.12. The number of ether oxygens (including phenoxy) is 3. The summed E-state index contributed by atoms with van der Waals surface area (Å²) in [5, 5.41) is 0.117. The summed E-state index contributed by atoms with van der Waals surface area (Å²) in [4.78, 5) is 35.3. The van der Waals surface area contributed by atoms with Crippen molar-refractivity contribution in [2.45, 2.75) is 32.8 Å². The largest absolute Gasteiger partial charge is 0.465 e. The van der Waals surface area contributed by atoms with Crippen LogP contribution in [0.15, 0.2) is 0 Å². The van der Waals surface area contributed by atoms with Crippen LogP contribution >= 0.6 is 11.3 Å². The van der Waals surface area contributed by atoms with Gasteiger partial charge in [0, 0.05) is 12.0 Å². The second-order valence-electron chi connectivity index (χ2n) is 4.40. The summed E-state index contributed by atoms with van der Waals surface area (Å²) in [5.41, 5.74) is 6.02. The predicted molar refractivity (Wildman–Crippen MR) is 80.7 cm³/mol. The molecule has 7 nitrogen and oxygen atoms in total. The first-order chi connectivity index (χ1) is 10.5. The third-order valence-corrected chi connectivity index (χ3v) is 3.95. The lowest BCUT2D eigenvalue weighted by Gasteiger charge is -2.07. The number of anilines is 1. The van der Waals surface area contributed by atoms with Crippen LogP contribution in [-0.4, -0.2) is 32.1 Å². The normalized spacial score (nSPS) is 10.1. The summed E-state index contributed by atoms with van der Waals surface area (Å²) in [5.74, 6) is -1.74. The third kappa shape index (κ3) is 4.20. The van der Waals surface area contributed by atoms with Gasteiger partial charge in [0.25, 0.3) is 0 Å². The Balaban J connectivity index is 3.05. The number of nitrogens with two attached hydrogens (primary N) is 1. The molecule has 0 radical (unpaired) electrons. The number of esters is 3. The first-order valence-electron chi connectivity index (χ1n) is 6.69. The molecule has 0 spiro atoms. The molecule has 0 saturated heterocycles. The Labute approximate surface area is 132 Å². The zero-order valence-corrected chi connectivity index (χ0v) is 13.6. The van der Waals surface area contributed by atoms with Crippen LogP contribution < -0.4 is 5.73 Å². The van der Waals surface area contributed by atoms with Gasteiger partial charge in [-0.3, -0.25) is 4.79 Å². The van der Waals surface area contributed by atoms with Gasteiger partial charge >= 0.3 is 17.9 Å². The fourth-order valence-electron chi connectivity index (χ4n) is 1.75. The number of rotatable bonds is 7. The molecule has 0 aliphatic rings. The van der Waals surface area contributed by atoms with Crippen LogP contribution in [0, 0.1) is 0 Å². The SMILES string of the molecule is CCCCC(=O)OCc1c(C(=O)OC)sc(N)c1C(=O)OC. The highest BCUT2D eigenvalue weighted by atomic mass is 32.1. The zero-order valence-electron chi connectivity index (χ0n) is 12.8. The van der Waals surface area contributed by atoms with Crippen molar-refractivity contribution >= 4 is 34.2 Å². The van der Waals surface area contributed by atoms with E-state index < -0.39 is 17.9 Å². The summed E-state index contributed by atoms with van der Waals surface area (Å²) in [6.07, 6.45) is 1.84. The summed E-state index contributed by atoms with van der Waals surface area (Å²) < 4.78 is 14.4. The van der Waals surface area contributed by atoms with Crippen molar-refractivity contribution in [1.29, 1.82) is 0 Å². The molecule has 0 amide bonds. The first-order valence-corrected chi connectivity index (χ1v) is 7.51. The van der Waals surface area contributed by atoms with Crippen molar-refractivity contribution in [3.05, 3.63) is 16.0 Å². The minimum absolute atomic E-state index is 0.0381. The van der Waals surface area contributed by atoms with Gasteiger partial charge in [-0.1, -0.05) is 13.3 Å². The van der Waals surface area contributed by atoms with Crippen molar-refractivity contribution in [3.8, 4) is 0 Å². The molecule has 0 atom stereocenters. The lowest BCUT2D eigenvalue weighted by molar-refractivity contribution is -0.145. The van der Waals surface area contributed by atoms with Gasteiger partial charge in [-0.25, -0.2) is 9.59 Å². The van der Waals surface area contributed by atoms with E-state index in [4.69, 9.17) is 10.5 Å². The molecule has 0 fully saturated rings. The van der Waals surface area contributed by atoms with Gasteiger partial charge in [0.2, 0.25) is 0 Å². The maximum Gasteiger partial charge on any atom is 0.348 e. The van der Waals surface area contributed by atoms with Crippen molar-refractivity contribution in [1.82, 2.24) is 0 Å². The van der Waals surface area contributed by atoms with E-state index in [0.717, 1.165) is 17.8 Å². The molecular formula is C14H19NO6S. The van der Waals surface area contributed by atoms with Gasteiger partial charge in [-0.05, 0) is 6.42 Å². The zero-order chi connectivity index (χ0) is 16.7. The number of carbonyl (C=O) groups is 3. The second-order valence-corrected chi connectivity index (χ2v) is 5.45. The molecule has 0 aliphatic carbocycles. The molecule has 0 aromatic carbocycles. The van der Waals surface area contributed by atoms with Crippen molar-refractivity contribution in [2.24, 2.45) is 0 Å². The van der Waals surface area contributed by atoms with Crippen molar-refractivity contribution in [3.63, 3.8) is 0 Å².